The first-order valence-electron chi connectivity index (χ1n) is 7.01. The largest absolute Gasteiger partial charge is 0.486 e. The fourth-order valence-corrected chi connectivity index (χ4v) is 2.47. The molecule has 1 N–H and O–H groups in total. The van der Waals surface area contributed by atoms with Crippen LogP contribution in [-0.2, 0) is 11.4 Å². The lowest BCUT2D eigenvalue weighted by Crippen LogP contribution is -2.12. The molecule has 0 bridgehead atoms. The molecule has 0 unspecified atom stereocenters. The number of nitro groups is 1. The Morgan fingerprint density at radius 1 is 1.28 bits per heavy atom. The summed E-state index contributed by atoms with van der Waals surface area (Å²) >= 11 is 12.3. The van der Waals surface area contributed by atoms with E-state index >= 15 is 0 Å². The number of halogens is 2. The first-order valence-corrected chi connectivity index (χ1v) is 7.77. The van der Waals surface area contributed by atoms with Crippen molar-refractivity contribution in [2.75, 3.05) is 0 Å². The second-order valence-corrected chi connectivity index (χ2v) is 5.77. The molecule has 9 heteroatoms. The van der Waals surface area contributed by atoms with Crippen molar-refractivity contribution in [1.29, 1.82) is 0 Å². The summed E-state index contributed by atoms with van der Waals surface area (Å²) in [6.45, 7) is 1.49. The second-order valence-electron chi connectivity index (χ2n) is 4.95. The normalized spacial score (nSPS) is 10.7. The molecule has 25 heavy (non-hydrogen) atoms. The number of non-ortho nitro benzene ring substituents is 1. The number of nitro benzene ring substituents is 1. The Bertz CT molecular complexity index is 800. The molecule has 2 rings (SSSR count). The van der Waals surface area contributed by atoms with Gasteiger partial charge in [-0.1, -0.05) is 23.2 Å². The molecule has 0 fully saturated rings. The third-order valence-corrected chi connectivity index (χ3v) is 3.55. The Labute approximate surface area is 153 Å². The van der Waals surface area contributed by atoms with Gasteiger partial charge in [-0.05, 0) is 35.4 Å². The van der Waals surface area contributed by atoms with E-state index in [1.807, 2.05) is 0 Å². The number of nitrogens with zero attached hydrogens (tertiary/aromatic N) is 2. The Kier molecular flexibility index (Phi) is 6.32. The topological polar surface area (TPSA) is 93.8 Å². The molecule has 0 saturated carbocycles. The summed E-state index contributed by atoms with van der Waals surface area (Å²) in [5, 5.41) is 14.9. The molecule has 0 radical (unpaired) electrons. The number of nitrogens with one attached hydrogen (secondary N) is 1. The lowest BCUT2D eigenvalue weighted by atomic mass is 10.2. The predicted octanol–water partition coefficient (Wildman–Crippen LogP) is 3.95. The van der Waals surface area contributed by atoms with Crippen LogP contribution in [0.5, 0.6) is 5.75 Å². The summed E-state index contributed by atoms with van der Waals surface area (Å²) in [4.78, 5) is 20.9. The van der Waals surface area contributed by atoms with E-state index in [-0.39, 0.29) is 28.2 Å². The van der Waals surface area contributed by atoms with Crippen LogP contribution in [0.3, 0.4) is 0 Å². The average molecular weight is 382 g/mol. The minimum Gasteiger partial charge on any atom is -0.486 e. The fourth-order valence-electron chi connectivity index (χ4n) is 1.86. The Balaban J connectivity index is 2.08. The van der Waals surface area contributed by atoms with Gasteiger partial charge in [0, 0.05) is 19.1 Å². The van der Waals surface area contributed by atoms with Crippen molar-refractivity contribution in [2.24, 2.45) is 5.10 Å². The van der Waals surface area contributed by atoms with Crippen LogP contribution in [0, 0.1) is 10.1 Å². The van der Waals surface area contributed by atoms with Gasteiger partial charge >= 0.3 is 0 Å². The molecule has 0 heterocycles. The first-order chi connectivity index (χ1) is 11.9. The van der Waals surface area contributed by atoms with Crippen LogP contribution < -0.4 is 10.2 Å². The van der Waals surface area contributed by atoms with Gasteiger partial charge < -0.3 is 4.74 Å². The lowest BCUT2D eigenvalue weighted by Gasteiger charge is -2.11. The highest BCUT2D eigenvalue weighted by Gasteiger charge is 2.10. The molecule has 1 amide bonds. The standard InChI is InChI=1S/C16H13Cl2N3O4/c1-10(22)20-19-8-12-6-14(17)16(15(18)7-12)25-9-11-2-4-13(5-3-11)21(23)24/h2-8H,9H2,1H3,(H,20,22)/b19-8-. The highest BCUT2D eigenvalue weighted by molar-refractivity contribution is 6.37. The number of hydrogen-bond acceptors (Lipinski definition) is 5. The van der Waals surface area contributed by atoms with E-state index in [9.17, 15) is 14.9 Å². The smallest absolute Gasteiger partial charge is 0.269 e. The van der Waals surface area contributed by atoms with Gasteiger partial charge in [0.1, 0.15) is 6.61 Å². The van der Waals surface area contributed by atoms with Crippen LogP contribution >= 0.6 is 23.2 Å². The highest BCUT2D eigenvalue weighted by atomic mass is 35.5. The summed E-state index contributed by atoms with van der Waals surface area (Å²) in [7, 11) is 0. The van der Waals surface area contributed by atoms with E-state index in [0.717, 1.165) is 5.56 Å². The van der Waals surface area contributed by atoms with E-state index < -0.39 is 4.92 Å². The zero-order valence-electron chi connectivity index (χ0n) is 13.0. The molecule has 0 saturated heterocycles. The highest BCUT2D eigenvalue weighted by Crippen LogP contribution is 2.34. The van der Waals surface area contributed by atoms with Crippen LogP contribution in [0.15, 0.2) is 41.5 Å². The zero-order chi connectivity index (χ0) is 18.4. The van der Waals surface area contributed by atoms with Crippen molar-refractivity contribution in [2.45, 2.75) is 13.5 Å². The summed E-state index contributed by atoms with van der Waals surface area (Å²) in [6.07, 6.45) is 1.40. The summed E-state index contributed by atoms with van der Waals surface area (Å²) < 4.78 is 5.60. The number of ether oxygens (including phenoxy) is 1. The third-order valence-electron chi connectivity index (χ3n) is 2.99. The van der Waals surface area contributed by atoms with Gasteiger partial charge in [-0.25, -0.2) is 5.43 Å². The Morgan fingerprint density at radius 2 is 1.88 bits per heavy atom. The second kappa shape index (κ2) is 8.46. The number of amides is 1. The molecule has 2 aromatic carbocycles. The van der Waals surface area contributed by atoms with Crippen molar-refractivity contribution in [3.63, 3.8) is 0 Å². The summed E-state index contributed by atoms with van der Waals surface area (Å²) in [5.41, 5.74) is 3.59. The maximum Gasteiger partial charge on any atom is 0.269 e. The van der Waals surface area contributed by atoms with Crippen LogP contribution in [0.1, 0.15) is 18.1 Å². The number of carbonyl (C=O) groups excluding carboxylic acids is 1. The number of rotatable bonds is 6. The molecule has 130 valence electrons. The SMILES string of the molecule is CC(=O)N/N=C\c1cc(Cl)c(OCc2ccc([N+](=O)[O-])cc2)c(Cl)c1. The van der Waals surface area contributed by atoms with Crippen molar-refractivity contribution in [1.82, 2.24) is 5.43 Å². The predicted molar refractivity (Wildman–Crippen MR) is 95.3 cm³/mol. The van der Waals surface area contributed by atoms with Crippen molar-refractivity contribution in [3.8, 4) is 5.75 Å². The maximum absolute atomic E-state index is 10.8. The molecule has 0 atom stereocenters. The third kappa shape index (κ3) is 5.44. The Hall–Kier alpha value is -2.64. The van der Waals surface area contributed by atoms with E-state index in [0.29, 0.717) is 11.3 Å². The van der Waals surface area contributed by atoms with Crippen LogP contribution in [0.4, 0.5) is 5.69 Å². The van der Waals surface area contributed by atoms with Gasteiger partial charge in [0.15, 0.2) is 5.75 Å². The van der Waals surface area contributed by atoms with Crippen LogP contribution in [-0.4, -0.2) is 17.0 Å². The van der Waals surface area contributed by atoms with E-state index in [1.165, 1.54) is 25.3 Å². The lowest BCUT2D eigenvalue weighted by molar-refractivity contribution is -0.384. The van der Waals surface area contributed by atoms with Gasteiger partial charge in [0.2, 0.25) is 5.91 Å². The molecule has 0 spiro atoms. The van der Waals surface area contributed by atoms with Crippen molar-refractivity contribution < 1.29 is 14.5 Å². The first kappa shape index (κ1) is 18.7. The van der Waals surface area contributed by atoms with Crippen molar-refractivity contribution in [3.05, 3.63) is 67.7 Å². The molecule has 2 aromatic rings. The average Bonchev–Trinajstić information content (AvgIpc) is 2.54. The van der Waals surface area contributed by atoms with Gasteiger partial charge in [0.25, 0.3) is 5.69 Å². The molecular weight excluding hydrogens is 369 g/mol. The molecule has 0 aliphatic carbocycles. The summed E-state index contributed by atoms with van der Waals surface area (Å²) in [5.74, 6) is -0.00476. The van der Waals surface area contributed by atoms with Crippen LogP contribution in [0.2, 0.25) is 10.0 Å². The maximum atomic E-state index is 10.8. The zero-order valence-corrected chi connectivity index (χ0v) is 14.5. The number of carbonyl (C=O) groups is 1. The Morgan fingerprint density at radius 3 is 2.40 bits per heavy atom. The number of benzene rings is 2. The molecule has 7 nitrogen and oxygen atoms in total. The molecule has 0 aliphatic rings. The number of hydrazone groups is 1. The molecule has 0 aliphatic heterocycles. The summed E-state index contributed by atoms with van der Waals surface area (Å²) in [6, 6.07) is 9.14. The quantitative estimate of drug-likeness (QED) is 0.465. The van der Waals surface area contributed by atoms with E-state index in [1.54, 1.807) is 24.3 Å². The number of hydrogen-bond donors (Lipinski definition) is 1. The van der Waals surface area contributed by atoms with E-state index in [4.69, 9.17) is 27.9 Å². The van der Waals surface area contributed by atoms with Gasteiger partial charge in [-0.2, -0.15) is 5.10 Å². The molecule has 0 aromatic heterocycles. The van der Waals surface area contributed by atoms with Crippen LogP contribution in [0.25, 0.3) is 0 Å². The van der Waals surface area contributed by atoms with Gasteiger partial charge in [-0.15, -0.1) is 0 Å². The fraction of sp³-hybridized carbons (Fsp3) is 0.125. The minimum absolute atomic E-state index is 0.00243. The monoisotopic (exact) mass is 381 g/mol. The molecular formula is C16H13Cl2N3O4. The minimum atomic E-state index is -0.473. The van der Waals surface area contributed by atoms with Gasteiger partial charge in [0.05, 0.1) is 21.2 Å². The van der Waals surface area contributed by atoms with Gasteiger partial charge in [-0.3, -0.25) is 14.9 Å². The van der Waals surface area contributed by atoms with E-state index in [2.05, 4.69) is 10.5 Å². The van der Waals surface area contributed by atoms with Crippen molar-refractivity contribution >= 4 is 41.0 Å².